The van der Waals surface area contributed by atoms with Crippen LogP contribution in [0.4, 0.5) is 30.6 Å². The highest BCUT2D eigenvalue weighted by Crippen LogP contribution is 2.25. The molecule has 2 aromatic carbocycles. The Balaban J connectivity index is 1.96. The monoisotopic (exact) mass is 279 g/mol. The van der Waals surface area contributed by atoms with Crippen LogP contribution in [0.3, 0.4) is 0 Å². The van der Waals surface area contributed by atoms with Gasteiger partial charge in [0.25, 0.3) is 6.01 Å². The maximum Gasteiger partial charge on any atom is 0.300 e. The largest absolute Gasteiger partial charge is 0.423 e. The summed E-state index contributed by atoms with van der Waals surface area (Å²) in [4.78, 5) is 4.05. The summed E-state index contributed by atoms with van der Waals surface area (Å²) in [5, 5.41) is 2.56. The van der Waals surface area contributed by atoms with Crippen LogP contribution in [0.25, 0.3) is 11.1 Å². The Morgan fingerprint density at radius 1 is 1.05 bits per heavy atom. The number of hydrogen-bond acceptors (Lipinski definition) is 4. The number of nitrogen functional groups attached to an aromatic ring is 1. The van der Waals surface area contributed by atoms with Crippen LogP contribution < -0.4 is 11.1 Å². The molecular weight excluding hydrogens is 271 g/mol. The fourth-order valence-electron chi connectivity index (χ4n) is 1.75. The Morgan fingerprint density at radius 2 is 1.75 bits per heavy atom. The van der Waals surface area contributed by atoms with E-state index in [0.29, 0.717) is 16.8 Å². The van der Waals surface area contributed by atoms with Crippen molar-refractivity contribution < 1.29 is 17.6 Å². The number of anilines is 3. The SMILES string of the molecule is Nc1ccc2oc(Nc3cc(F)c(F)c(F)c3)nc2c1. The van der Waals surface area contributed by atoms with E-state index in [4.69, 9.17) is 10.2 Å². The fraction of sp³-hybridized carbons (Fsp3) is 0. The van der Waals surface area contributed by atoms with Crippen LogP contribution in [-0.2, 0) is 0 Å². The van der Waals surface area contributed by atoms with Gasteiger partial charge in [0.2, 0.25) is 0 Å². The lowest BCUT2D eigenvalue weighted by atomic mass is 10.3. The molecule has 3 rings (SSSR count). The van der Waals surface area contributed by atoms with Crippen LogP contribution >= 0.6 is 0 Å². The fourth-order valence-corrected chi connectivity index (χ4v) is 1.75. The molecule has 0 amide bonds. The molecule has 102 valence electrons. The molecule has 0 spiro atoms. The van der Waals surface area contributed by atoms with Gasteiger partial charge in [0.05, 0.1) is 0 Å². The van der Waals surface area contributed by atoms with Gasteiger partial charge in [0, 0.05) is 23.5 Å². The first kappa shape index (κ1) is 12.3. The van der Waals surface area contributed by atoms with Gasteiger partial charge >= 0.3 is 0 Å². The van der Waals surface area contributed by atoms with Crippen LogP contribution in [0.15, 0.2) is 34.7 Å². The highest BCUT2D eigenvalue weighted by molar-refractivity contribution is 5.78. The molecule has 4 nitrogen and oxygen atoms in total. The van der Waals surface area contributed by atoms with Crippen molar-refractivity contribution in [2.24, 2.45) is 0 Å². The highest BCUT2D eigenvalue weighted by Gasteiger charge is 2.12. The number of nitrogens with one attached hydrogen (secondary N) is 1. The molecule has 0 radical (unpaired) electrons. The van der Waals surface area contributed by atoms with Gasteiger partial charge in [-0.15, -0.1) is 0 Å². The molecule has 7 heteroatoms. The predicted octanol–water partition coefficient (Wildman–Crippen LogP) is 3.57. The van der Waals surface area contributed by atoms with Gasteiger partial charge in [-0.25, -0.2) is 13.2 Å². The zero-order valence-electron chi connectivity index (χ0n) is 9.95. The summed E-state index contributed by atoms with van der Waals surface area (Å²) in [6.07, 6.45) is 0. The smallest absolute Gasteiger partial charge is 0.300 e. The molecule has 20 heavy (non-hydrogen) atoms. The molecule has 0 unspecified atom stereocenters. The molecular formula is C13H8F3N3O. The maximum atomic E-state index is 13.1. The quantitative estimate of drug-likeness (QED) is 0.556. The average Bonchev–Trinajstić information content (AvgIpc) is 2.77. The normalized spacial score (nSPS) is 10.9. The molecule has 1 aromatic heterocycles. The molecule has 0 saturated carbocycles. The van der Waals surface area contributed by atoms with Gasteiger partial charge in [-0.3, -0.25) is 0 Å². The van der Waals surface area contributed by atoms with E-state index in [1.54, 1.807) is 18.2 Å². The Morgan fingerprint density at radius 3 is 2.45 bits per heavy atom. The lowest BCUT2D eigenvalue weighted by Gasteiger charge is -2.02. The van der Waals surface area contributed by atoms with E-state index in [1.165, 1.54) is 0 Å². The first-order chi connectivity index (χ1) is 9.52. The number of hydrogen-bond donors (Lipinski definition) is 2. The molecule has 0 fully saturated rings. The number of aromatic nitrogens is 1. The number of halogens is 3. The van der Waals surface area contributed by atoms with E-state index in [0.717, 1.165) is 12.1 Å². The van der Waals surface area contributed by atoms with Gasteiger partial charge in [-0.1, -0.05) is 0 Å². The summed E-state index contributed by atoms with van der Waals surface area (Å²) in [6.45, 7) is 0. The molecule has 0 atom stereocenters. The number of oxazole rings is 1. The minimum Gasteiger partial charge on any atom is -0.423 e. The second-order valence-electron chi connectivity index (χ2n) is 4.13. The summed E-state index contributed by atoms with van der Waals surface area (Å²) in [5.41, 5.74) is 7.06. The Hall–Kier alpha value is -2.70. The topological polar surface area (TPSA) is 64.1 Å². The maximum absolute atomic E-state index is 13.1. The van der Waals surface area contributed by atoms with E-state index < -0.39 is 17.5 Å². The number of fused-ring (bicyclic) bond motifs is 1. The summed E-state index contributed by atoms with van der Waals surface area (Å²) >= 11 is 0. The molecule has 3 aromatic rings. The van der Waals surface area contributed by atoms with Crippen LogP contribution in [0.5, 0.6) is 0 Å². The first-order valence-electron chi connectivity index (χ1n) is 5.60. The van der Waals surface area contributed by atoms with Crippen molar-refractivity contribution in [2.45, 2.75) is 0 Å². The zero-order valence-corrected chi connectivity index (χ0v) is 9.95. The van der Waals surface area contributed by atoms with E-state index in [1.807, 2.05) is 0 Å². The molecule has 0 aliphatic rings. The Kier molecular flexibility index (Phi) is 2.74. The zero-order chi connectivity index (χ0) is 14.3. The second-order valence-corrected chi connectivity index (χ2v) is 4.13. The van der Waals surface area contributed by atoms with Crippen LogP contribution in [0.2, 0.25) is 0 Å². The minimum absolute atomic E-state index is 0.0130. The van der Waals surface area contributed by atoms with E-state index in [9.17, 15) is 13.2 Å². The van der Waals surface area contributed by atoms with Crippen molar-refractivity contribution in [3.8, 4) is 0 Å². The third kappa shape index (κ3) is 2.13. The standard InChI is InChI=1S/C13H8F3N3O/c14-8-4-7(5-9(15)12(8)16)18-13-19-10-3-6(17)1-2-11(10)20-13/h1-5H,17H2,(H,18,19). The Labute approximate surface area is 111 Å². The molecule has 0 aliphatic heterocycles. The summed E-state index contributed by atoms with van der Waals surface area (Å²) < 4.78 is 44.3. The van der Waals surface area contributed by atoms with Gasteiger partial charge in [-0.05, 0) is 18.2 Å². The molecule has 1 heterocycles. The lowest BCUT2D eigenvalue weighted by Crippen LogP contribution is -1.96. The van der Waals surface area contributed by atoms with Crippen molar-refractivity contribution in [3.05, 3.63) is 47.8 Å². The van der Waals surface area contributed by atoms with E-state index in [-0.39, 0.29) is 11.7 Å². The third-order valence-corrected chi connectivity index (χ3v) is 2.65. The van der Waals surface area contributed by atoms with Crippen molar-refractivity contribution in [3.63, 3.8) is 0 Å². The van der Waals surface area contributed by atoms with Gasteiger partial charge in [0.15, 0.2) is 23.0 Å². The van der Waals surface area contributed by atoms with Gasteiger partial charge in [0.1, 0.15) is 5.52 Å². The second kappa shape index (κ2) is 4.44. The molecule has 0 aliphatic carbocycles. The van der Waals surface area contributed by atoms with Crippen molar-refractivity contribution in [1.29, 1.82) is 0 Å². The molecule has 0 bridgehead atoms. The van der Waals surface area contributed by atoms with Crippen LogP contribution in [-0.4, -0.2) is 4.98 Å². The number of nitrogens with zero attached hydrogens (tertiary/aromatic N) is 1. The summed E-state index contributed by atoms with van der Waals surface area (Å²) in [6, 6.07) is 6.48. The van der Waals surface area contributed by atoms with Crippen molar-refractivity contribution in [1.82, 2.24) is 4.98 Å². The predicted molar refractivity (Wildman–Crippen MR) is 68.0 cm³/mol. The van der Waals surface area contributed by atoms with Crippen LogP contribution in [0, 0.1) is 17.5 Å². The lowest BCUT2D eigenvalue weighted by molar-refractivity contribution is 0.448. The number of benzene rings is 2. The minimum atomic E-state index is -1.53. The average molecular weight is 279 g/mol. The highest BCUT2D eigenvalue weighted by atomic mass is 19.2. The van der Waals surface area contributed by atoms with Crippen LogP contribution in [0.1, 0.15) is 0 Å². The molecule has 0 saturated heterocycles. The summed E-state index contributed by atoms with van der Waals surface area (Å²) in [5.74, 6) is -4.12. The van der Waals surface area contributed by atoms with Crippen molar-refractivity contribution in [2.75, 3.05) is 11.1 Å². The van der Waals surface area contributed by atoms with Crippen molar-refractivity contribution >= 4 is 28.5 Å². The number of nitrogens with two attached hydrogens (primary N) is 1. The summed E-state index contributed by atoms with van der Waals surface area (Å²) in [7, 11) is 0. The number of rotatable bonds is 2. The van der Waals surface area contributed by atoms with E-state index in [2.05, 4.69) is 10.3 Å². The van der Waals surface area contributed by atoms with Gasteiger partial charge < -0.3 is 15.5 Å². The third-order valence-electron chi connectivity index (χ3n) is 2.65. The van der Waals surface area contributed by atoms with E-state index >= 15 is 0 Å². The first-order valence-corrected chi connectivity index (χ1v) is 5.60. The van der Waals surface area contributed by atoms with Gasteiger partial charge in [-0.2, -0.15) is 4.98 Å². The Bertz CT molecular complexity index is 778. The molecule has 3 N–H and O–H groups in total.